The van der Waals surface area contributed by atoms with Crippen LogP contribution in [0.4, 0.5) is 0 Å². The second-order valence-corrected chi connectivity index (χ2v) is 7.04. The van der Waals surface area contributed by atoms with Gasteiger partial charge in [-0.15, -0.1) is 5.10 Å². The van der Waals surface area contributed by atoms with Crippen molar-refractivity contribution >= 4 is 34.8 Å². The number of para-hydroxylation sites is 1. The molecule has 2 aromatic heterocycles. The zero-order valence-electron chi connectivity index (χ0n) is 15.3. The van der Waals surface area contributed by atoms with Gasteiger partial charge in [-0.05, 0) is 45.2 Å². The van der Waals surface area contributed by atoms with Gasteiger partial charge in [0, 0.05) is 13.1 Å². The number of carbonyl (C=O) groups excluding carboxylic acids is 1. The molecule has 0 spiro atoms. The van der Waals surface area contributed by atoms with Gasteiger partial charge in [0.2, 0.25) is 16.5 Å². The highest BCUT2D eigenvalue weighted by atomic mass is 32.1. The normalized spacial score (nSPS) is 11.8. The van der Waals surface area contributed by atoms with E-state index in [2.05, 4.69) is 10.4 Å². The van der Waals surface area contributed by atoms with E-state index in [1.807, 2.05) is 44.0 Å². The highest BCUT2D eigenvalue weighted by molar-refractivity contribution is 7.71. The van der Waals surface area contributed by atoms with Gasteiger partial charge in [0.25, 0.3) is 5.56 Å². The van der Waals surface area contributed by atoms with Crippen LogP contribution in [0.5, 0.6) is 0 Å². The third kappa shape index (κ3) is 3.27. The number of nitrogens with zero attached hydrogens (tertiary/aromatic N) is 5. The number of hydrogen-bond donors (Lipinski definition) is 1. The standard InChI is InChI=1S/C17H22N6O2S/c1-11(2)18-14(24)9-20(3)10-22-17(26)23-13-8-6-5-7-12(13)15(25)21(4)16(23)19-22/h5-8,11H,9-10H2,1-4H3,(H,18,24). The Bertz CT molecular complexity index is 1090. The smallest absolute Gasteiger partial charge is 0.262 e. The van der Waals surface area contributed by atoms with Crippen molar-refractivity contribution in [3.05, 3.63) is 39.4 Å². The van der Waals surface area contributed by atoms with Crippen molar-refractivity contribution in [2.45, 2.75) is 26.6 Å². The molecule has 0 bridgehead atoms. The number of nitrogens with one attached hydrogen (secondary N) is 1. The summed E-state index contributed by atoms with van der Waals surface area (Å²) in [6.07, 6.45) is 0. The molecule has 1 aromatic carbocycles. The van der Waals surface area contributed by atoms with E-state index in [0.29, 0.717) is 22.6 Å². The van der Waals surface area contributed by atoms with Gasteiger partial charge in [0.05, 0.1) is 24.1 Å². The van der Waals surface area contributed by atoms with E-state index >= 15 is 0 Å². The number of benzene rings is 1. The first-order valence-corrected chi connectivity index (χ1v) is 8.75. The van der Waals surface area contributed by atoms with Crippen LogP contribution in [0.25, 0.3) is 16.7 Å². The van der Waals surface area contributed by atoms with Gasteiger partial charge in [-0.1, -0.05) is 12.1 Å². The van der Waals surface area contributed by atoms with Crippen LogP contribution in [0.15, 0.2) is 29.1 Å². The molecular formula is C17H22N6O2S. The Morgan fingerprint density at radius 3 is 2.73 bits per heavy atom. The molecule has 1 N–H and O–H groups in total. The summed E-state index contributed by atoms with van der Waals surface area (Å²) in [5, 5.41) is 7.94. The first-order valence-electron chi connectivity index (χ1n) is 8.35. The Morgan fingerprint density at radius 1 is 1.35 bits per heavy atom. The van der Waals surface area contributed by atoms with Gasteiger partial charge < -0.3 is 5.32 Å². The maximum Gasteiger partial charge on any atom is 0.262 e. The molecule has 0 saturated heterocycles. The Balaban J connectivity index is 2.01. The second-order valence-electron chi connectivity index (χ2n) is 6.68. The molecule has 0 radical (unpaired) electrons. The quantitative estimate of drug-likeness (QED) is 0.678. The van der Waals surface area contributed by atoms with Crippen LogP contribution in [-0.2, 0) is 18.5 Å². The van der Waals surface area contributed by atoms with Crippen LogP contribution in [0.2, 0.25) is 0 Å². The lowest BCUT2D eigenvalue weighted by Crippen LogP contribution is -2.39. The van der Waals surface area contributed by atoms with E-state index in [-0.39, 0.29) is 24.1 Å². The molecule has 0 aliphatic rings. The van der Waals surface area contributed by atoms with Crippen molar-refractivity contribution in [1.82, 2.24) is 29.0 Å². The summed E-state index contributed by atoms with van der Waals surface area (Å²) in [6.45, 7) is 4.41. The predicted molar refractivity (Wildman–Crippen MR) is 103 cm³/mol. The van der Waals surface area contributed by atoms with Crippen LogP contribution in [0.3, 0.4) is 0 Å². The summed E-state index contributed by atoms with van der Waals surface area (Å²) in [6, 6.07) is 7.41. The fraction of sp³-hybridized carbons (Fsp3) is 0.412. The van der Waals surface area contributed by atoms with E-state index in [0.717, 1.165) is 5.52 Å². The van der Waals surface area contributed by atoms with E-state index < -0.39 is 0 Å². The largest absolute Gasteiger partial charge is 0.353 e. The van der Waals surface area contributed by atoms with Gasteiger partial charge in [-0.3, -0.25) is 23.5 Å². The van der Waals surface area contributed by atoms with Gasteiger partial charge in [0.15, 0.2) is 0 Å². The molecule has 2 heterocycles. The Labute approximate surface area is 155 Å². The number of carbonyl (C=O) groups is 1. The van der Waals surface area contributed by atoms with Crippen molar-refractivity contribution in [3.63, 3.8) is 0 Å². The second kappa shape index (κ2) is 7.00. The lowest BCUT2D eigenvalue weighted by molar-refractivity contribution is -0.122. The first kappa shape index (κ1) is 18.3. The average molecular weight is 374 g/mol. The number of aromatic nitrogens is 4. The lowest BCUT2D eigenvalue weighted by atomic mass is 10.2. The monoisotopic (exact) mass is 374 g/mol. The van der Waals surface area contributed by atoms with Gasteiger partial charge in [-0.2, -0.15) is 0 Å². The van der Waals surface area contributed by atoms with Crippen LogP contribution in [-0.4, -0.2) is 49.2 Å². The zero-order valence-corrected chi connectivity index (χ0v) is 16.1. The summed E-state index contributed by atoms with van der Waals surface area (Å²) in [4.78, 5) is 26.3. The minimum atomic E-state index is -0.120. The minimum absolute atomic E-state index is 0.0596. The van der Waals surface area contributed by atoms with Crippen molar-refractivity contribution in [3.8, 4) is 0 Å². The van der Waals surface area contributed by atoms with Gasteiger partial charge >= 0.3 is 0 Å². The third-order valence-corrected chi connectivity index (χ3v) is 4.43. The summed E-state index contributed by atoms with van der Waals surface area (Å²) < 4.78 is 5.37. The Morgan fingerprint density at radius 2 is 2.04 bits per heavy atom. The van der Waals surface area contributed by atoms with Crippen LogP contribution >= 0.6 is 12.2 Å². The minimum Gasteiger partial charge on any atom is -0.353 e. The summed E-state index contributed by atoms with van der Waals surface area (Å²) in [5.74, 6) is 0.411. The molecule has 1 amide bonds. The SMILES string of the molecule is CC(C)NC(=O)CN(C)Cn1nc2n(C)c(=O)c3ccccc3n2c1=S. The number of hydrogen-bond acceptors (Lipinski definition) is 5. The molecule has 26 heavy (non-hydrogen) atoms. The fourth-order valence-corrected chi connectivity index (χ4v) is 3.21. The maximum absolute atomic E-state index is 12.5. The molecule has 0 atom stereocenters. The molecular weight excluding hydrogens is 352 g/mol. The molecule has 3 aromatic rings. The topological polar surface area (TPSA) is 76.6 Å². The predicted octanol–water partition coefficient (Wildman–Crippen LogP) is 1.13. The maximum atomic E-state index is 12.5. The molecule has 0 aliphatic heterocycles. The lowest BCUT2D eigenvalue weighted by Gasteiger charge is -2.17. The summed E-state index contributed by atoms with van der Waals surface area (Å²) >= 11 is 5.58. The summed E-state index contributed by atoms with van der Waals surface area (Å²) in [7, 11) is 3.50. The third-order valence-electron chi connectivity index (χ3n) is 4.04. The van der Waals surface area contributed by atoms with E-state index in [1.165, 1.54) is 4.57 Å². The van der Waals surface area contributed by atoms with Crippen LogP contribution < -0.4 is 10.9 Å². The molecule has 0 saturated carbocycles. The fourth-order valence-electron chi connectivity index (χ4n) is 2.93. The van der Waals surface area contributed by atoms with Crippen molar-refractivity contribution in [1.29, 1.82) is 0 Å². The van der Waals surface area contributed by atoms with Crippen LogP contribution in [0, 0.1) is 4.77 Å². The Hall–Kier alpha value is -2.52. The van der Waals surface area contributed by atoms with E-state index in [1.54, 1.807) is 22.2 Å². The van der Waals surface area contributed by atoms with Crippen molar-refractivity contribution in [2.24, 2.45) is 7.05 Å². The molecule has 0 fully saturated rings. The highest BCUT2D eigenvalue weighted by Gasteiger charge is 2.15. The van der Waals surface area contributed by atoms with Gasteiger partial charge in [0.1, 0.15) is 0 Å². The van der Waals surface area contributed by atoms with Crippen molar-refractivity contribution in [2.75, 3.05) is 13.6 Å². The molecule has 0 aliphatic carbocycles. The molecule has 3 rings (SSSR count). The number of aryl methyl sites for hydroxylation is 1. The number of amides is 1. The molecule has 138 valence electrons. The first-order chi connectivity index (χ1) is 12.3. The average Bonchev–Trinajstić information content (AvgIpc) is 2.88. The molecule has 9 heteroatoms. The van der Waals surface area contributed by atoms with E-state index in [9.17, 15) is 9.59 Å². The number of likely N-dealkylation sites (N-methyl/N-ethyl adjacent to an activating group) is 1. The van der Waals surface area contributed by atoms with Crippen molar-refractivity contribution < 1.29 is 4.79 Å². The number of fused-ring (bicyclic) bond motifs is 3. The summed E-state index contributed by atoms with van der Waals surface area (Å²) in [5.41, 5.74) is 0.604. The Kier molecular flexibility index (Phi) is 4.92. The van der Waals surface area contributed by atoms with Gasteiger partial charge in [-0.25, -0.2) is 4.68 Å². The molecule has 0 unspecified atom stereocenters. The highest BCUT2D eigenvalue weighted by Crippen LogP contribution is 2.13. The zero-order chi connectivity index (χ0) is 19.0. The number of rotatable bonds is 5. The van der Waals surface area contributed by atoms with E-state index in [4.69, 9.17) is 12.2 Å². The van der Waals surface area contributed by atoms with Crippen LogP contribution in [0.1, 0.15) is 13.8 Å². The molecule has 8 nitrogen and oxygen atoms in total.